The van der Waals surface area contributed by atoms with Crippen LogP contribution < -0.4 is 10.6 Å². The standard InChI is InChI=1S/C16H24N4S/c1-4-12-9-13-14(18-11-7-6-10(3)8-11)19-16(17-5-2)20-15(13)21-12/h9-11H,4-8H2,1-3H3,(H2,17,18,19,20). The molecule has 1 aliphatic rings. The van der Waals surface area contributed by atoms with Gasteiger partial charge in [-0.1, -0.05) is 13.8 Å². The van der Waals surface area contributed by atoms with Crippen molar-refractivity contribution in [2.24, 2.45) is 5.92 Å². The van der Waals surface area contributed by atoms with Gasteiger partial charge in [-0.25, -0.2) is 4.98 Å². The van der Waals surface area contributed by atoms with Gasteiger partial charge in [-0.3, -0.25) is 0 Å². The molecule has 3 rings (SSSR count). The van der Waals surface area contributed by atoms with Crippen LogP contribution >= 0.6 is 11.3 Å². The lowest BCUT2D eigenvalue weighted by Gasteiger charge is -2.15. The molecule has 0 bridgehead atoms. The van der Waals surface area contributed by atoms with Gasteiger partial charge >= 0.3 is 0 Å². The highest BCUT2D eigenvalue weighted by atomic mass is 32.1. The minimum absolute atomic E-state index is 0.553. The number of aromatic nitrogens is 2. The average Bonchev–Trinajstić information content (AvgIpc) is 3.05. The molecule has 1 saturated carbocycles. The van der Waals surface area contributed by atoms with Gasteiger partial charge in [0.15, 0.2) is 0 Å². The third-order valence-corrected chi connectivity index (χ3v) is 5.34. The van der Waals surface area contributed by atoms with Gasteiger partial charge in [0.05, 0.1) is 5.39 Å². The van der Waals surface area contributed by atoms with Gasteiger partial charge < -0.3 is 10.6 Å². The molecule has 0 radical (unpaired) electrons. The van der Waals surface area contributed by atoms with Crippen LogP contribution in [0.2, 0.25) is 0 Å². The molecule has 2 atom stereocenters. The Kier molecular flexibility index (Phi) is 4.29. The molecular formula is C16H24N4S. The van der Waals surface area contributed by atoms with Crippen LogP contribution in [-0.2, 0) is 6.42 Å². The summed E-state index contributed by atoms with van der Waals surface area (Å²) >= 11 is 1.78. The number of thiophene rings is 1. The number of anilines is 2. The second kappa shape index (κ2) is 6.18. The molecule has 21 heavy (non-hydrogen) atoms. The van der Waals surface area contributed by atoms with Crippen molar-refractivity contribution in [2.45, 2.75) is 52.5 Å². The Morgan fingerprint density at radius 1 is 1.29 bits per heavy atom. The van der Waals surface area contributed by atoms with E-state index >= 15 is 0 Å². The topological polar surface area (TPSA) is 49.8 Å². The van der Waals surface area contributed by atoms with E-state index in [4.69, 9.17) is 4.98 Å². The normalized spacial score (nSPS) is 21.9. The minimum Gasteiger partial charge on any atom is -0.367 e. The second-order valence-corrected chi connectivity index (χ2v) is 7.09. The molecule has 1 aliphatic carbocycles. The maximum absolute atomic E-state index is 4.70. The van der Waals surface area contributed by atoms with Crippen molar-refractivity contribution in [2.75, 3.05) is 17.2 Å². The van der Waals surface area contributed by atoms with E-state index in [2.05, 4.69) is 42.5 Å². The van der Waals surface area contributed by atoms with E-state index in [0.29, 0.717) is 6.04 Å². The van der Waals surface area contributed by atoms with Crippen LogP contribution in [0.25, 0.3) is 10.2 Å². The zero-order valence-electron chi connectivity index (χ0n) is 13.1. The van der Waals surface area contributed by atoms with Crippen molar-refractivity contribution in [1.29, 1.82) is 0 Å². The van der Waals surface area contributed by atoms with Crippen LogP contribution in [0, 0.1) is 5.92 Å². The van der Waals surface area contributed by atoms with Crippen LogP contribution in [0.3, 0.4) is 0 Å². The summed E-state index contributed by atoms with van der Waals surface area (Å²) in [6, 6.07) is 2.80. The van der Waals surface area contributed by atoms with Gasteiger partial charge in [-0.15, -0.1) is 11.3 Å². The SMILES string of the molecule is CCNc1nc(NC2CCC(C)C2)c2cc(CC)sc2n1. The largest absolute Gasteiger partial charge is 0.367 e. The van der Waals surface area contributed by atoms with Gasteiger partial charge in [0, 0.05) is 17.5 Å². The lowest BCUT2D eigenvalue weighted by molar-refractivity contribution is 0.602. The van der Waals surface area contributed by atoms with Gasteiger partial charge in [-0.2, -0.15) is 4.98 Å². The van der Waals surface area contributed by atoms with E-state index in [1.54, 1.807) is 11.3 Å². The Morgan fingerprint density at radius 3 is 2.81 bits per heavy atom. The first-order valence-corrected chi connectivity index (χ1v) is 8.82. The van der Waals surface area contributed by atoms with Crippen LogP contribution in [0.5, 0.6) is 0 Å². The molecule has 2 aromatic rings. The minimum atomic E-state index is 0.553. The molecule has 2 unspecified atom stereocenters. The summed E-state index contributed by atoms with van der Waals surface area (Å²) in [5.74, 6) is 2.57. The third-order valence-electron chi connectivity index (χ3n) is 4.16. The highest BCUT2D eigenvalue weighted by Crippen LogP contribution is 2.33. The number of fused-ring (bicyclic) bond motifs is 1. The first-order chi connectivity index (χ1) is 10.2. The number of hydrogen-bond donors (Lipinski definition) is 2. The summed E-state index contributed by atoms with van der Waals surface area (Å²) in [6.45, 7) is 7.44. The lowest BCUT2D eigenvalue weighted by Crippen LogP contribution is -2.17. The molecule has 0 amide bonds. The number of rotatable bonds is 5. The van der Waals surface area contributed by atoms with Crippen molar-refractivity contribution in [3.63, 3.8) is 0 Å². The summed E-state index contributed by atoms with van der Waals surface area (Å²) in [6.07, 6.45) is 4.86. The van der Waals surface area contributed by atoms with Crippen molar-refractivity contribution in [1.82, 2.24) is 9.97 Å². The van der Waals surface area contributed by atoms with Gasteiger partial charge in [0.25, 0.3) is 0 Å². The van der Waals surface area contributed by atoms with Crippen molar-refractivity contribution in [3.05, 3.63) is 10.9 Å². The summed E-state index contributed by atoms with van der Waals surface area (Å²) in [5, 5.41) is 8.09. The molecular weight excluding hydrogens is 280 g/mol. The van der Waals surface area contributed by atoms with Crippen molar-refractivity contribution in [3.8, 4) is 0 Å². The summed E-state index contributed by atoms with van der Waals surface area (Å²) in [5.41, 5.74) is 0. The molecule has 0 saturated heterocycles. The number of nitrogens with one attached hydrogen (secondary N) is 2. The predicted molar refractivity (Wildman–Crippen MR) is 91.4 cm³/mol. The fraction of sp³-hybridized carbons (Fsp3) is 0.625. The van der Waals surface area contributed by atoms with Gasteiger partial charge in [0.2, 0.25) is 5.95 Å². The second-order valence-electron chi connectivity index (χ2n) is 5.97. The van der Waals surface area contributed by atoms with Crippen LogP contribution in [0.15, 0.2) is 6.07 Å². The number of hydrogen-bond acceptors (Lipinski definition) is 5. The molecule has 2 aromatic heterocycles. The predicted octanol–water partition coefficient (Wildman–Crippen LogP) is 4.29. The molecule has 1 fully saturated rings. The van der Waals surface area contributed by atoms with Crippen LogP contribution in [-0.4, -0.2) is 22.6 Å². The monoisotopic (exact) mass is 304 g/mol. The average molecular weight is 304 g/mol. The van der Waals surface area contributed by atoms with Gasteiger partial charge in [0.1, 0.15) is 10.6 Å². The molecule has 2 N–H and O–H groups in total. The van der Waals surface area contributed by atoms with E-state index < -0.39 is 0 Å². The number of nitrogens with zero attached hydrogens (tertiary/aromatic N) is 2. The summed E-state index contributed by atoms with van der Waals surface area (Å²) in [4.78, 5) is 11.8. The number of aryl methyl sites for hydroxylation is 1. The molecule has 0 aromatic carbocycles. The zero-order valence-corrected chi connectivity index (χ0v) is 13.9. The maximum atomic E-state index is 4.70. The first-order valence-electron chi connectivity index (χ1n) is 8.00. The Hall–Kier alpha value is -1.36. The Bertz CT molecular complexity index is 622. The highest BCUT2D eigenvalue weighted by molar-refractivity contribution is 7.18. The quantitative estimate of drug-likeness (QED) is 0.865. The highest BCUT2D eigenvalue weighted by Gasteiger charge is 2.22. The summed E-state index contributed by atoms with van der Waals surface area (Å²) in [7, 11) is 0. The fourth-order valence-corrected chi connectivity index (χ4v) is 3.99. The van der Waals surface area contributed by atoms with E-state index in [0.717, 1.165) is 35.5 Å². The zero-order chi connectivity index (χ0) is 14.8. The summed E-state index contributed by atoms with van der Waals surface area (Å²) < 4.78 is 0. The Balaban J connectivity index is 1.95. The molecule has 0 spiro atoms. The Morgan fingerprint density at radius 2 is 2.14 bits per heavy atom. The van der Waals surface area contributed by atoms with Crippen LogP contribution in [0.4, 0.5) is 11.8 Å². The van der Waals surface area contributed by atoms with E-state index in [1.807, 2.05) is 0 Å². The third kappa shape index (κ3) is 3.12. The fourth-order valence-electron chi connectivity index (χ4n) is 3.02. The molecule has 5 heteroatoms. The molecule has 114 valence electrons. The smallest absolute Gasteiger partial charge is 0.226 e. The van der Waals surface area contributed by atoms with E-state index in [-0.39, 0.29) is 0 Å². The maximum Gasteiger partial charge on any atom is 0.226 e. The van der Waals surface area contributed by atoms with Crippen LogP contribution in [0.1, 0.15) is 44.9 Å². The van der Waals surface area contributed by atoms with Crippen molar-refractivity contribution >= 4 is 33.3 Å². The first kappa shape index (κ1) is 14.6. The van der Waals surface area contributed by atoms with E-state index in [1.165, 1.54) is 29.5 Å². The van der Waals surface area contributed by atoms with E-state index in [9.17, 15) is 0 Å². The molecule has 0 aliphatic heterocycles. The molecule has 2 heterocycles. The van der Waals surface area contributed by atoms with Crippen molar-refractivity contribution < 1.29 is 0 Å². The Labute approximate surface area is 130 Å². The van der Waals surface area contributed by atoms with Gasteiger partial charge in [-0.05, 0) is 44.6 Å². The lowest BCUT2D eigenvalue weighted by atomic mass is 10.1. The molecule has 4 nitrogen and oxygen atoms in total.